The molecule has 0 heterocycles. The molecule has 2 aliphatic rings. The highest BCUT2D eigenvalue weighted by Crippen LogP contribution is 2.39. The van der Waals surface area contributed by atoms with Crippen LogP contribution in [0.5, 0.6) is 0 Å². The van der Waals surface area contributed by atoms with Gasteiger partial charge in [0.1, 0.15) is 0 Å². The molecule has 2 saturated carbocycles. The van der Waals surface area contributed by atoms with E-state index in [0.717, 1.165) is 11.3 Å². The molecule has 0 saturated heterocycles. The third-order valence-electron chi connectivity index (χ3n) is 6.18. The van der Waals surface area contributed by atoms with E-state index >= 15 is 0 Å². The van der Waals surface area contributed by atoms with Gasteiger partial charge in [0, 0.05) is 0 Å². The average molecular weight is 339 g/mol. The van der Waals surface area contributed by atoms with Gasteiger partial charge in [-0.05, 0) is 37.0 Å². The summed E-state index contributed by atoms with van der Waals surface area (Å²) in [6.07, 6.45) is 30.6. The van der Waals surface area contributed by atoms with E-state index in [2.05, 4.69) is 0 Å². The minimum atomic E-state index is 1.10. The van der Waals surface area contributed by atoms with E-state index in [4.69, 9.17) is 0 Å². The van der Waals surface area contributed by atoms with Crippen LogP contribution in [0.25, 0.3) is 0 Å². The molecule has 0 N–H and O–H groups in total. The first-order valence-corrected chi connectivity index (χ1v) is 12.4. The Balaban J connectivity index is 1.74. The molecule has 2 rings (SSSR count). The van der Waals surface area contributed by atoms with Crippen molar-refractivity contribution in [3.8, 4) is 0 Å². The van der Waals surface area contributed by atoms with Crippen molar-refractivity contribution >= 4 is 8.58 Å². The highest BCUT2D eigenvalue weighted by atomic mass is 31.1. The molecule has 0 aliphatic heterocycles. The van der Waals surface area contributed by atoms with Crippen molar-refractivity contribution in [1.29, 1.82) is 0 Å². The van der Waals surface area contributed by atoms with Crippen molar-refractivity contribution < 1.29 is 0 Å². The molecule has 0 aromatic carbocycles. The van der Waals surface area contributed by atoms with Crippen LogP contribution in [0.2, 0.25) is 0 Å². The van der Waals surface area contributed by atoms with Crippen LogP contribution in [0, 0.1) is 0 Å². The summed E-state index contributed by atoms with van der Waals surface area (Å²) in [6, 6.07) is 0. The monoisotopic (exact) mass is 338 g/mol. The summed E-state index contributed by atoms with van der Waals surface area (Å²) < 4.78 is 0. The predicted molar refractivity (Wildman–Crippen MR) is 108 cm³/mol. The zero-order chi connectivity index (χ0) is 16.0. The maximum atomic E-state index is 1.56. The van der Waals surface area contributed by atoms with Crippen molar-refractivity contribution in [3.05, 3.63) is 0 Å². The van der Waals surface area contributed by atoms with Gasteiger partial charge in [0.05, 0.1) is 0 Å². The third-order valence-corrected chi connectivity index (χ3v) is 8.28. The SMILES string of the molecule is C1CCCCCC(PC2CCCCCCCCC2)CCCCC1. The third kappa shape index (κ3) is 10.1. The second kappa shape index (κ2) is 13.7. The Morgan fingerprint density at radius 3 is 0.783 bits per heavy atom. The second-order valence-electron chi connectivity index (χ2n) is 8.37. The minimum absolute atomic E-state index is 1.10. The standard InChI is InChI=1S/C22H43P/c1-2-5-9-13-17-21(18-14-10-6-3-1)23-22-19-15-11-7-4-8-12-16-20-22/h21-23H,1-20H2. The van der Waals surface area contributed by atoms with Crippen LogP contribution in [0.4, 0.5) is 0 Å². The molecule has 0 aromatic rings. The normalized spacial score (nSPS) is 26.6. The molecular weight excluding hydrogens is 295 g/mol. The van der Waals surface area contributed by atoms with Crippen molar-refractivity contribution in [2.24, 2.45) is 0 Å². The first kappa shape index (κ1) is 19.8. The number of hydrogen-bond acceptors (Lipinski definition) is 0. The maximum absolute atomic E-state index is 1.56. The molecular formula is C22H43P. The van der Waals surface area contributed by atoms with Crippen LogP contribution in [0.1, 0.15) is 128 Å². The van der Waals surface area contributed by atoms with Crippen LogP contribution in [-0.2, 0) is 0 Å². The van der Waals surface area contributed by atoms with Crippen molar-refractivity contribution in [3.63, 3.8) is 0 Å². The van der Waals surface area contributed by atoms with Gasteiger partial charge in [0.15, 0.2) is 0 Å². The highest BCUT2D eigenvalue weighted by Gasteiger charge is 2.17. The fraction of sp³-hybridized carbons (Fsp3) is 1.00. The fourth-order valence-electron chi connectivity index (χ4n) is 4.64. The van der Waals surface area contributed by atoms with Gasteiger partial charge < -0.3 is 0 Å². The molecule has 1 heteroatoms. The van der Waals surface area contributed by atoms with Crippen molar-refractivity contribution in [2.75, 3.05) is 0 Å². The zero-order valence-electron chi connectivity index (χ0n) is 15.8. The second-order valence-corrected chi connectivity index (χ2v) is 10.3. The summed E-state index contributed by atoms with van der Waals surface area (Å²) in [7, 11) is 1.30. The van der Waals surface area contributed by atoms with Gasteiger partial charge in [-0.1, -0.05) is 103 Å². The van der Waals surface area contributed by atoms with E-state index in [0.29, 0.717) is 0 Å². The lowest BCUT2D eigenvalue weighted by molar-refractivity contribution is 0.496. The lowest BCUT2D eigenvalue weighted by Gasteiger charge is -2.25. The summed E-state index contributed by atoms with van der Waals surface area (Å²) >= 11 is 0. The van der Waals surface area contributed by atoms with E-state index in [1.54, 1.807) is 25.7 Å². The van der Waals surface area contributed by atoms with Crippen LogP contribution in [0.15, 0.2) is 0 Å². The Labute approximate surface area is 148 Å². The predicted octanol–water partition coefficient (Wildman–Crippen LogP) is 8.23. The molecule has 0 nitrogen and oxygen atoms in total. The van der Waals surface area contributed by atoms with Crippen LogP contribution >= 0.6 is 8.58 Å². The summed E-state index contributed by atoms with van der Waals surface area (Å²) in [5, 5.41) is 0. The van der Waals surface area contributed by atoms with E-state index in [-0.39, 0.29) is 0 Å². The van der Waals surface area contributed by atoms with Crippen LogP contribution < -0.4 is 0 Å². The van der Waals surface area contributed by atoms with Crippen molar-refractivity contribution in [2.45, 2.75) is 140 Å². The highest BCUT2D eigenvalue weighted by molar-refractivity contribution is 7.39. The van der Waals surface area contributed by atoms with Gasteiger partial charge in [-0.25, -0.2) is 0 Å². The Hall–Kier alpha value is 0.430. The lowest BCUT2D eigenvalue weighted by atomic mass is 10.0. The van der Waals surface area contributed by atoms with Crippen molar-refractivity contribution in [1.82, 2.24) is 0 Å². The van der Waals surface area contributed by atoms with Gasteiger partial charge in [0.2, 0.25) is 0 Å². The molecule has 0 amide bonds. The first-order chi connectivity index (χ1) is 11.4. The molecule has 23 heavy (non-hydrogen) atoms. The van der Waals surface area contributed by atoms with Crippen LogP contribution in [0.3, 0.4) is 0 Å². The molecule has 0 bridgehead atoms. The largest absolute Gasteiger partial charge is 0.116 e. The molecule has 0 spiro atoms. The summed E-state index contributed by atoms with van der Waals surface area (Å²) in [5.41, 5.74) is 2.20. The molecule has 2 fully saturated rings. The Kier molecular flexibility index (Phi) is 11.8. The lowest BCUT2D eigenvalue weighted by Crippen LogP contribution is -2.11. The van der Waals surface area contributed by atoms with E-state index < -0.39 is 0 Å². The van der Waals surface area contributed by atoms with E-state index in [9.17, 15) is 0 Å². The average Bonchev–Trinajstić information content (AvgIpc) is 2.56. The van der Waals surface area contributed by atoms with Gasteiger partial charge in [-0.3, -0.25) is 0 Å². The quantitative estimate of drug-likeness (QED) is 0.445. The van der Waals surface area contributed by atoms with Crippen LogP contribution in [-0.4, -0.2) is 11.3 Å². The molecule has 1 unspecified atom stereocenters. The smallest absolute Gasteiger partial charge is 0.0234 e. The van der Waals surface area contributed by atoms with E-state index in [1.165, 1.54) is 111 Å². The molecule has 136 valence electrons. The Morgan fingerprint density at radius 1 is 0.304 bits per heavy atom. The summed E-state index contributed by atoms with van der Waals surface area (Å²) in [6.45, 7) is 0. The molecule has 0 aromatic heterocycles. The summed E-state index contributed by atoms with van der Waals surface area (Å²) in [5.74, 6) is 0. The van der Waals surface area contributed by atoms with Gasteiger partial charge in [-0.2, -0.15) is 0 Å². The number of hydrogen-bond donors (Lipinski definition) is 0. The fourth-order valence-corrected chi connectivity index (χ4v) is 6.79. The van der Waals surface area contributed by atoms with Gasteiger partial charge >= 0.3 is 0 Å². The maximum Gasteiger partial charge on any atom is -0.0234 e. The Morgan fingerprint density at radius 2 is 0.522 bits per heavy atom. The van der Waals surface area contributed by atoms with E-state index in [1.807, 2.05) is 0 Å². The minimum Gasteiger partial charge on any atom is -0.116 e. The van der Waals surface area contributed by atoms with Gasteiger partial charge in [-0.15, -0.1) is 8.58 Å². The molecule has 1 atom stereocenters. The van der Waals surface area contributed by atoms with Gasteiger partial charge in [0.25, 0.3) is 0 Å². The zero-order valence-corrected chi connectivity index (χ0v) is 16.8. The molecule has 0 radical (unpaired) electrons. The Bertz CT molecular complexity index is 241. The molecule has 2 aliphatic carbocycles. The first-order valence-electron chi connectivity index (χ1n) is 11.2. The topological polar surface area (TPSA) is 0 Å². The number of rotatable bonds is 2. The summed E-state index contributed by atoms with van der Waals surface area (Å²) in [4.78, 5) is 0.